The molecule has 114 valence electrons. The first kappa shape index (κ1) is 17.2. The summed E-state index contributed by atoms with van der Waals surface area (Å²) in [4.78, 5) is 23.2. The number of hydrogen-bond donors (Lipinski definition) is 2. The van der Waals surface area contributed by atoms with E-state index in [1.807, 2.05) is 0 Å². The van der Waals surface area contributed by atoms with E-state index in [9.17, 15) is 14.0 Å². The first-order valence-corrected chi connectivity index (χ1v) is 7.35. The predicted octanol–water partition coefficient (Wildman–Crippen LogP) is 1.92. The maximum absolute atomic E-state index is 12.7. The van der Waals surface area contributed by atoms with Crippen LogP contribution in [0.15, 0.2) is 36.5 Å². The highest BCUT2D eigenvalue weighted by atomic mass is 32.2. The van der Waals surface area contributed by atoms with Gasteiger partial charge in [-0.05, 0) is 23.8 Å². The smallest absolute Gasteiger partial charge is 0.321 e. The van der Waals surface area contributed by atoms with Gasteiger partial charge in [-0.25, -0.2) is 9.18 Å². The molecule has 0 fully saturated rings. The Labute approximate surface area is 127 Å². The highest BCUT2D eigenvalue weighted by Gasteiger charge is 2.07. The zero-order chi connectivity index (χ0) is 15.5. The highest BCUT2D eigenvalue weighted by Crippen LogP contribution is 2.09. The fraction of sp³-hybridized carbons (Fsp3) is 0.286. The van der Waals surface area contributed by atoms with Gasteiger partial charge in [0.25, 0.3) is 0 Å². The first-order valence-electron chi connectivity index (χ1n) is 6.36. The normalized spacial score (nSPS) is 10.6. The molecule has 0 saturated carbocycles. The zero-order valence-corrected chi connectivity index (χ0v) is 12.5. The SMILES string of the molecule is CNC(=O)N(/C=C\C=O)CCNSCc1ccc(F)cc1. The van der Waals surface area contributed by atoms with Crippen LogP contribution >= 0.6 is 11.9 Å². The number of benzene rings is 1. The summed E-state index contributed by atoms with van der Waals surface area (Å²) in [6.45, 7) is 0.989. The number of urea groups is 1. The summed E-state index contributed by atoms with van der Waals surface area (Å²) in [5, 5.41) is 2.50. The van der Waals surface area contributed by atoms with E-state index in [0.29, 0.717) is 25.1 Å². The lowest BCUT2D eigenvalue weighted by Gasteiger charge is -2.17. The van der Waals surface area contributed by atoms with Crippen LogP contribution < -0.4 is 10.0 Å². The van der Waals surface area contributed by atoms with Gasteiger partial charge in [0.15, 0.2) is 0 Å². The molecular weight excluding hydrogens is 293 g/mol. The van der Waals surface area contributed by atoms with E-state index in [-0.39, 0.29) is 11.8 Å². The fourth-order valence-corrected chi connectivity index (χ4v) is 2.18. The molecule has 2 N–H and O–H groups in total. The molecule has 0 saturated heterocycles. The molecule has 1 aromatic rings. The minimum absolute atomic E-state index is 0.250. The number of carbonyl (C=O) groups is 2. The lowest BCUT2D eigenvalue weighted by atomic mass is 10.2. The third-order valence-electron chi connectivity index (χ3n) is 2.53. The molecule has 0 atom stereocenters. The summed E-state index contributed by atoms with van der Waals surface area (Å²) in [5.74, 6) is 0.449. The number of carbonyl (C=O) groups excluding carboxylic acids is 2. The first-order chi connectivity index (χ1) is 10.2. The number of nitrogens with zero attached hydrogens (tertiary/aromatic N) is 1. The molecule has 1 aromatic carbocycles. The molecule has 0 radical (unpaired) electrons. The molecule has 0 bridgehead atoms. The van der Waals surface area contributed by atoms with Crippen LogP contribution in [-0.2, 0) is 10.5 Å². The monoisotopic (exact) mass is 311 g/mol. The van der Waals surface area contributed by atoms with Gasteiger partial charge in [-0.1, -0.05) is 24.1 Å². The standard InChI is InChI=1S/C14H18FN3O2S/c1-16-14(20)18(8-2-10-19)9-7-17-21-11-12-3-5-13(15)6-4-12/h2-6,8,10,17H,7,9,11H2,1H3,(H,16,20)/b8-2-. The van der Waals surface area contributed by atoms with Crippen molar-refractivity contribution in [3.63, 3.8) is 0 Å². The summed E-state index contributed by atoms with van der Waals surface area (Å²) in [6, 6.07) is 6.03. The summed E-state index contributed by atoms with van der Waals surface area (Å²) in [5.41, 5.74) is 1.01. The van der Waals surface area contributed by atoms with Crippen LogP contribution in [0, 0.1) is 5.82 Å². The van der Waals surface area contributed by atoms with Gasteiger partial charge in [-0.2, -0.15) is 0 Å². The van der Waals surface area contributed by atoms with E-state index in [1.165, 1.54) is 48.3 Å². The predicted molar refractivity (Wildman–Crippen MR) is 82.1 cm³/mol. The maximum Gasteiger partial charge on any atom is 0.321 e. The number of halogens is 1. The quantitative estimate of drug-likeness (QED) is 0.333. The molecule has 0 aliphatic rings. The largest absolute Gasteiger partial charge is 0.341 e. The van der Waals surface area contributed by atoms with Gasteiger partial charge in [-0.3, -0.25) is 14.4 Å². The molecule has 0 aliphatic heterocycles. The van der Waals surface area contributed by atoms with Gasteiger partial charge in [0, 0.05) is 32.1 Å². The van der Waals surface area contributed by atoms with E-state index in [0.717, 1.165) is 5.56 Å². The van der Waals surface area contributed by atoms with Gasteiger partial charge in [0.05, 0.1) is 0 Å². The second kappa shape index (κ2) is 9.95. The van der Waals surface area contributed by atoms with Crippen LogP contribution in [0.2, 0.25) is 0 Å². The van der Waals surface area contributed by atoms with Gasteiger partial charge in [-0.15, -0.1) is 0 Å². The average molecular weight is 311 g/mol. The second-order valence-corrected chi connectivity index (χ2v) is 4.90. The number of aldehydes is 1. The molecule has 5 nitrogen and oxygen atoms in total. The summed E-state index contributed by atoms with van der Waals surface area (Å²) < 4.78 is 15.8. The van der Waals surface area contributed by atoms with Crippen LogP contribution in [0.1, 0.15) is 5.56 Å². The Morgan fingerprint density at radius 3 is 2.71 bits per heavy atom. The second-order valence-electron chi connectivity index (χ2n) is 4.04. The van der Waals surface area contributed by atoms with E-state index >= 15 is 0 Å². The average Bonchev–Trinajstić information content (AvgIpc) is 2.51. The lowest BCUT2D eigenvalue weighted by Crippen LogP contribution is -2.37. The molecule has 2 amide bonds. The van der Waals surface area contributed by atoms with Crippen molar-refractivity contribution in [2.75, 3.05) is 20.1 Å². The van der Waals surface area contributed by atoms with Crippen molar-refractivity contribution in [1.29, 1.82) is 0 Å². The van der Waals surface area contributed by atoms with E-state index in [1.54, 1.807) is 12.1 Å². The Morgan fingerprint density at radius 2 is 2.10 bits per heavy atom. The third-order valence-corrected chi connectivity index (χ3v) is 3.41. The van der Waals surface area contributed by atoms with Crippen molar-refractivity contribution in [2.45, 2.75) is 5.75 Å². The van der Waals surface area contributed by atoms with E-state index in [4.69, 9.17) is 0 Å². The fourth-order valence-electron chi connectivity index (χ4n) is 1.48. The van der Waals surface area contributed by atoms with Crippen LogP contribution in [0.3, 0.4) is 0 Å². The Morgan fingerprint density at radius 1 is 1.38 bits per heavy atom. The molecular formula is C14H18FN3O2S. The highest BCUT2D eigenvalue weighted by molar-refractivity contribution is 7.96. The van der Waals surface area contributed by atoms with E-state index in [2.05, 4.69) is 10.0 Å². The molecule has 7 heteroatoms. The third kappa shape index (κ3) is 6.92. The molecule has 0 spiro atoms. The number of hydrogen-bond acceptors (Lipinski definition) is 4. The van der Waals surface area contributed by atoms with Gasteiger partial charge < -0.3 is 5.32 Å². The van der Waals surface area contributed by atoms with Gasteiger partial charge >= 0.3 is 6.03 Å². The molecule has 0 aromatic heterocycles. The summed E-state index contributed by atoms with van der Waals surface area (Å²) in [6.07, 6.45) is 3.31. The van der Waals surface area contributed by atoms with Crippen LogP contribution in [0.4, 0.5) is 9.18 Å². The Hall–Kier alpha value is -1.86. The Bertz CT molecular complexity index is 480. The molecule has 0 unspecified atom stereocenters. The van der Waals surface area contributed by atoms with Crippen molar-refractivity contribution < 1.29 is 14.0 Å². The topological polar surface area (TPSA) is 61.4 Å². The Balaban J connectivity index is 2.27. The van der Waals surface area contributed by atoms with Crippen molar-refractivity contribution in [3.8, 4) is 0 Å². The van der Waals surface area contributed by atoms with Crippen molar-refractivity contribution in [3.05, 3.63) is 47.9 Å². The molecule has 21 heavy (non-hydrogen) atoms. The molecule has 0 heterocycles. The lowest BCUT2D eigenvalue weighted by molar-refractivity contribution is -0.104. The number of amides is 2. The van der Waals surface area contributed by atoms with Crippen molar-refractivity contribution in [2.24, 2.45) is 0 Å². The maximum atomic E-state index is 12.7. The minimum atomic E-state index is -0.279. The van der Waals surface area contributed by atoms with Gasteiger partial charge in [0.1, 0.15) is 12.1 Å². The number of allylic oxidation sites excluding steroid dienone is 1. The van der Waals surface area contributed by atoms with E-state index < -0.39 is 0 Å². The van der Waals surface area contributed by atoms with Crippen molar-refractivity contribution in [1.82, 2.24) is 14.9 Å². The van der Waals surface area contributed by atoms with Crippen LogP contribution in [-0.4, -0.2) is 37.4 Å². The summed E-state index contributed by atoms with van der Waals surface area (Å²) >= 11 is 1.47. The summed E-state index contributed by atoms with van der Waals surface area (Å²) in [7, 11) is 1.53. The number of nitrogens with one attached hydrogen (secondary N) is 2. The van der Waals surface area contributed by atoms with Crippen LogP contribution in [0.25, 0.3) is 0 Å². The number of rotatable bonds is 8. The molecule has 1 rings (SSSR count). The van der Waals surface area contributed by atoms with Crippen molar-refractivity contribution >= 4 is 24.3 Å². The Kier molecular flexibility index (Phi) is 8.15. The zero-order valence-electron chi connectivity index (χ0n) is 11.7. The molecule has 0 aliphatic carbocycles. The minimum Gasteiger partial charge on any atom is -0.341 e. The van der Waals surface area contributed by atoms with Gasteiger partial charge in [0.2, 0.25) is 0 Å². The van der Waals surface area contributed by atoms with Crippen LogP contribution in [0.5, 0.6) is 0 Å².